The maximum absolute atomic E-state index is 11.5. The summed E-state index contributed by atoms with van der Waals surface area (Å²) >= 11 is 0. The van der Waals surface area contributed by atoms with Gasteiger partial charge in [0.1, 0.15) is 0 Å². The van der Waals surface area contributed by atoms with Crippen LogP contribution in [0.5, 0.6) is 0 Å². The summed E-state index contributed by atoms with van der Waals surface area (Å²) in [5.74, 6) is -3.74. The zero-order valence-electron chi connectivity index (χ0n) is 28.4. The summed E-state index contributed by atoms with van der Waals surface area (Å²) in [6, 6.07) is 0. The van der Waals surface area contributed by atoms with Gasteiger partial charge in [0.15, 0.2) is 11.6 Å². The molecule has 0 aromatic carbocycles. The average molecular weight is 643 g/mol. The Hall–Kier alpha value is -0.890. The number of hydrogen-bond acceptors (Lipinski definition) is 10. The van der Waals surface area contributed by atoms with Crippen LogP contribution in [0.2, 0.25) is 0 Å². The van der Waals surface area contributed by atoms with Crippen LogP contribution in [0, 0.1) is 29.6 Å². The van der Waals surface area contributed by atoms with Crippen molar-refractivity contribution in [2.24, 2.45) is 29.6 Å². The van der Waals surface area contributed by atoms with Gasteiger partial charge in [-0.25, -0.2) is 0 Å². The van der Waals surface area contributed by atoms with Crippen LogP contribution >= 0.6 is 0 Å². The fourth-order valence-electron chi connectivity index (χ4n) is 9.30. The van der Waals surface area contributed by atoms with E-state index in [0.29, 0.717) is 19.3 Å². The molecule has 0 amide bonds. The molecule has 5 saturated heterocycles. The standard InChI is InChI=1S/C34H58O11/c1-18-13-20(3)34(39,17-35)44-28(18)25-14-19(2)30(41-25)32(7)10-9-26(42-32)31(6)11-12-33(45-31)16-23(36)21(4)29(43-33)22(5)24(40-8)15-27(37)38/h18-26,28-30,35-36,39H,9-17H2,1-8H3,(H,37,38)/t18-,19-,20+,21+,22-,23-,24-,25+,26+,28-,29-,30+,31-,32-,33?,34-/m0/s1. The van der Waals surface area contributed by atoms with Gasteiger partial charge in [0, 0.05) is 37.7 Å². The largest absolute Gasteiger partial charge is 0.481 e. The third-order valence-electron chi connectivity index (χ3n) is 12.2. The van der Waals surface area contributed by atoms with Crippen molar-refractivity contribution < 1.29 is 53.6 Å². The number of aliphatic hydroxyl groups is 3. The first-order valence-corrected chi connectivity index (χ1v) is 17.1. The van der Waals surface area contributed by atoms with Crippen molar-refractivity contribution in [3.05, 3.63) is 0 Å². The number of carboxylic acid groups (broad SMARTS) is 1. The van der Waals surface area contributed by atoms with Crippen molar-refractivity contribution in [2.75, 3.05) is 13.7 Å². The van der Waals surface area contributed by atoms with Crippen LogP contribution in [0.1, 0.15) is 99.8 Å². The van der Waals surface area contributed by atoms with Crippen LogP contribution in [0.3, 0.4) is 0 Å². The van der Waals surface area contributed by atoms with E-state index in [2.05, 4.69) is 27.7 Å². The van der Waals surface area contributed by atoms with Gasteiger partial charge in [-0.15, -0.1) is 0 Å². The van der Waals surface area contributed by atoms with E-state index in [0.717, 1.165) is 25.7 Å². The number of hydrogen-bond donors (Lipinski definition) is 4. The lowest BCUT2D eigenvalue weighted by molar-refractivity contribution is -0.335. The zero-order valence-corrected chi connectivity index (χ0v) is 28.4. The molecule has 16 atom stereocenters. The second-order valence-electron chi connectivity index (χ2n) is 15.7. The van der Waals surface area contributed by atoms with Gasteiger partial charge in [0.25, 0.3) is 0 Å². The smallest absolute Gasteiger partial charge is 0.305 e. The van der Waals surface area contributed by atoms with Crippen molar-refractivity contribution in [2.45, 2.75) is 165 Å². The highest BCUT2D eigenvalue weighted by molar-refractivity contribution is 5.67. The van der Waals surface area contributed by atoms with Crippen molar-refractivity contribution in [3.8, 4) is 0 Å². The molecule has 5 aliphatic rings. The van der Waals surface area contributed by atoms with Gasteiger partial charge in [0.05, 0.1) is 67.0 Å². The molecule has 45 heavy (non-hydrogen) atoms. The number of methoxy groups -OCH3 is 1. The average Bonchev–Trinajstić information content (AvgIpc) is 3.67. The maximum atomic E-state index is 11.5. The lowest BCUT2D eigenvalue weighted by atomic mass is 9.80. The van der Waals surface area contributed by atoms with Gasteiger partial charge < -0.3 is 48.8 Å². The Bertz CT molecular complexity index is 1060. The van der Waals surface area contributed by atoms with Crippen molar-refractivity contribution >= 4 is 5.97 Å². The molecule has 0 aromatic rings. The summed E-state index contributed by atoms with van der Waals surface area (Å²) < 4.78 is 38.9. The number of carbonyl (C=O) groups is 1. The van der Waals surface area contributed by atoms with E-state index in [1.807, 2.05) is 20.8 Å². The zero-order chi connectivity index (χ0) is 33.1. The van der Waals surface area contributed by atoms with E-state index in [9.17, 15) is 25.2 Å². The van der Waals surface area contributed by atoms with Crippen LogP contribution in [-0.4, -0.2) is 106 Å². The van der Waals surface area contributed by atoms with E-state index < -0.39 is 53.7 Å². The van der Waals surface area contributed by atoms with Crippen molar-refractivity contribution in [1.82, 2.24) is 0 Å². The van der Waals surface area contributed by atoms with E-state index >= 15 is 0 Å². The lowest BCUT2D eigenvalue weighted by Crippen LogP contribution is -2.56. The molecule has 260 valence electrons. The molecule has 5 rings (SSSR count). The summed E-state index contributed by atoms with van der Waals surface area (Å²) in [6.07, 6.45) is 2.09. The minimum atomic E-state index is -1.56. The molecule has 1 spiro atoms. The van der Waals surface area contributed by atoms with Gasteiger partial charge in [-0.05, 0) is 57.8 Å². The normalized spacial score (nSPS) is 51.9. The molecule has 5 fully saturated rings. The molecular formula is C34H58O11. The first-order valence-electron chi connectivity index (χ1n) is 17.1. The SMILES string of the molecule is CO[C@@H](CC(=O)O)[C@H](C)[C@H]1OC2(CC[C@@](C)([C@H]3CC[C@@](C)([C@@H]4O[C@@H]([C@H]5O[C@@](O)(CO)[C@H](C)C[C@@H]5C)C[C@@H]4C)O3)O2)C[C@H](O)[C@H]1C. The third kappa shape index (κ3) is 6.59. The Morgan fingerprint density at radius 3 is 2.36 bits per heavy atom. The minimum absolute atomic E-state index is 0.143. The molecule has 11 heteroatoms. The van der Waals surface area contributed by atoms with Crippen LogP contribution < -0.4 is 0 Å². The Morgan fingerprint density at radius 2 is 1.71 bits per heavy atom. The first kappa shape index (κ1) is 35.4. The van der Waals surface area contributed by atoms with Gasteiger partial charge in [-0.1, -0.05) is 34.6 Å². The molecule has 5 heterocycles. The van der Waals surface area contributed by atoms with E-state index in [-0.39, 0.29) is 60.4 Å². The van der Waals surface area contributed by atoms with E-state index in [1.165, 1.54) is 7.11 Å². The highest BCUT2D eigenvalue weighted by atomic mass is 16.7. The first-order chi connectivity index (χ1) is 21.0. The monoisotopic (exact) mass is 642 g/mol. The van der Waals surface area contributed by atoms with E-state index in [1.54, 1.807) is 0 Å². The van der Waals surface area contributed by atoms with Gasteiger partial charge in [-0.2, -0.15) is 0 Å². The molecule has 5 aliphatic heterocycles. The maximum Gasteiger partial charge on any atom is 0.305 e. The van der Waals surface area contributed by atoms with Crippen molar-refractivity contribution in [3.63, 3.8) is 0 Å². The fraction of sp³-hybridized carbons (Fsp3) is 0.971. The Balaban J connectivity index is 1.25. The number of ether oxygens (including phenoxy) is 6. The molecule has 4 N–H and O–H groups in total. The predicted molar refractivity (Wildman–Crippen MR) is 163 cm³/mol. The highest BCUT2D eigenvalue weighted by Gasteiger charge is 2.61. The highest BCUT2D eigenvalue weighted by Crippen LogP contribution is 2.54. The second kappa shape index (κ2) is 12.9. The Morgan fingerprint density at radius 1 is 1.00 bits per heavy atom. The summed E-state index contributed by atoms with van der Waals surface area (Å²) in [6.45, 7) is 13.8. The summed E-state index contributed by atoms with van der Waals surface area (Å²) in [7, 11) is 1.51. The lowest BCUT2D eigenvalue weighted by Gasteiger charge is -2.48. The number of aliphatic hydroxyl groups excluding tert-OH is 2. The van der Waals surface area contributed by atoms with Crippen LogP contribution in [0.4, 0.5) is 0 Å². The van der Waals surface area contributed by atoms with E-state index in [4.69, 9.17) is 28.4 Å². The van der Waals surface area contributed by atoms with Crippen LogP contribution in [0.25, 0.3) is 0 Å². The summed E-state index contributed by atoms with van der Waals surface area (Å²) in [5.41, 5.74) is -1.18. The quantitative estimate of drug-likeness (QED) is 0.292. The fourth-order valence-corrected chi connectivity index (χ4v) is 9.30. The molecule has 0 aromatic heterocycles. The third-order valence-corrected chi connectivity index (χ3v) is 12.2. The summed E-state index contributed by atoms with van der Waals surface area (Å²) in [4.78, 5) is 11.5. The number of rotatable bonds is 9. The molecule has 0 radical (unpaired) electrons. The molecule has 1 unspecified atom stereocenters. The van der Waals surface area contributed by atoms with Gasteiger partial charge in [0.2, 0.25) is 0 Å². The number of carboxylic acids is 1. The molecule has 0 saturated carbocycles. The summed E-state index contributed by atoms with van der Waals surface area (Å²) in [5, 5.41) is 41.3. The van der Waals surface area contributed by atoms with Gasteiger partial charge >= 0.3 is 5.97 Å². The molecule has 11 nitrogen and oxygen atoms in total. The Kier molecular flexibility index (Phi) is 10.1. The van der Waals surface area contributed by atoms with Gasteiger partial charge in [-0.3, -0.25) is 4.79 Å². The molecule has 0 bridgehead atoms. The molecular weight excluding hydrogens is 584 g/mol. The van der Waals surface area contributed by atoms with Crippen LogP contribution in [0.15, 0.2) is 0 Å². The topological polar surface area (TPSA) is 153 Å². The second-order valence-corrected chi connectivity index (χ2v) is 15.7. The van der Waals surface area contributed by atoms with Crippen LogP contribution in [-0.2, 0) is 33.2 Å². The Labute approximate surface area is 268 Å². The number of aliphatic carboxylic acids is 1. The minimum Gasteiger partial charge on any atom is -0.481 e. The predicted octanol–water partition coefficient (Wildman–Crippen LogP) is 3.64. The molecule has 0 aliphatic carbocycles. The van der Waals surface area contributed by atoms with Crippen molar-refractivity contribution in [1.29, 1.82) is 0 Å².